The van der Waals surface area contributed by atoms with Gasteiger partial charge >= 0.3 is 6.03 Å². The second kappa shape index (κ2) is 6.24. The van der Waals surface area contributed by atoms with Crippen molar-refractivity contribution >= 4 is 11.8 Å². The van der Waals surface area contributed by atoms with Crippen LogP contribution in [-0.4, -0.2) is 22.2 Å². The molecular formula is C19H21N3O2. The molecule has 0 aliphatic heterocycles. The van der Waals surface area contributed by atoms with E-state index in [0.29, 0.717) is 18.2 Å². The van der Waals surface area contributed by atoms with Crippen molar-refractivity contribution in [3.63, 3.8) is 0 Å². The van der Waals surface area contributed by atoms with Gasteiger partial charge in [-0.2, -0.15) is 0 Å². The summed E-state index contributed by atoms with van der Waals surface area (Å²) in [4.78, 5) is 16.9. The third-order valence-corrected chi connectivity index (χ3v) is 4.78. The van der Waals surface area contributed by atoms with Gasteiger partial charge in [0.15, 0.2) is 0 Å². The summed E-state index contributed by atoms with van der Waals surface area (Å²) in [5, 5.41) is 16.0. The number of aromatic nitrogens is 1. The number of carbonyl (C=O) groups is 1. The number of nitrogens with zero attached hydrogens (tertiary/aromatic N) is 1. The van der Waals surface area contributed by atoms with Crippen LogP contribution in [-0.2, 0) is 6.42 Å². The molecule has 2 aliphatic rings. The number of hydrogen-bond acceptors (Lipinski definition) is 3. The number of aliphatic hydroxyl groups excluding tert-OH is 1. The van der Waals surface area contributed by atoms with E-state index in [-0.39, 0.29) is 12.1 Å². The summed E-state index contributed by atoms with van der Waals surface area (Å²) >= 11 is 0. The van der Waals surface area contributed by atoms with Gasteiger partial charge in [0.25, 0.3) is 0 Å². The Morgan fingerprint density at radius 1 is 1.08 bits per heavy atom. The van der Waals surface area contributed by atoms with Crippen LogP contribution in [0.4, 0.5) is 10.6 Å². The zero-order valence-corrected chi connectivity index (χ0v) is 13.4. The topological polar surface area (TPSA) is 74.2 Å². The number of urea groups is 1. The molecule has 0 spiro atoms. The van der Waals surface area contributed by atoms with Crippen LogP contribution in [0.15, 0.2) is 42.5 Å². The van der Waals surface area contributed by atoms with E-state index in [9.17, 15) is 9.90 Å². The Morgan fingerprint density at radius 3 is 2.75 bits per heavy atom. The van der Waals surface area contributed by atoms with Crippen LogP contribution < -0.4 is 10.6 Å². The lowest BCUT2D eigenvalue weighted by Gasteiger charge is -2.30. The van der Waals surface area contributed by atoms with Gasteiger partial charge in [0.1, 0.15) is 5.82 Å². The maximum Gasteiger partial charge on any atom is 0.320 e. The quantitative estimate of drug-likeness (QED) is 0.812. The number of benzene rings is 1. The van der Waals surface area contributed by atoms with Crippen LogP contribution in [0.5, 0.6) is 0 Å². The lowest BCUT2D eigenvalue weighted by molar-refractivity contribution is 0.114. The highest BCUT2D eigenvalue weighted by molar-refractivity contribution is 5.88. The molecule has 5 nitrogen and oxygen atoms in total. The minimum Gasteiger partial charge on any atom is -0.391 e. The van der Waals surface area contributed by atoms with Crippen LogP contribution in [0, 0.1) is 0 Å². The normalized spacial score (nSPS) is 22.5. The Labute approximate surface area is 141 Å². The number of pyridine rings is 1. The fraction of sp³-hybridized carbons (Fsp3) is 0.368. The summed E-state index contributed by atoms with van der Waals surface area (Å²) in [6.07, 6.45) is 3.26. The van der Waals surface area contributed by atoms with Crippen molar-refractivity contribution in [2.45, 2.75) is 43.7 Å². The Balaban J connectivity index is 1.47. The van der Waals surface area contributed by atoms with Gasteiger partial charge in [-0.1, -0.05) is 30.3 Å². The first-order chi connectivity index (χ1) is 11.7. The molecule has 2 aromatic rings. The van der Waals surface area contributed by atoms with Crippen molar-refractivity contribution < 1.29 is 9.90 Å². The molecule has 1 aromatic heterocycles. The largest absolute Gasteiger partial charge is 0.391 e. The molecule has 0 bridgehead atoms. The van der Waals surface area contributed by atoms with E-state index in [0.717, 1.165) is 17.7 Å². The molecule has 1 saturated carbocycles. The SMILES string of the molecule is O=C(Nc1cccc(C2CC2)n1)N[C@H]1c2ccccc2CC[C@H]1O. The number of aliphatic hydroxyl groups is 1. The maximum absolute atomic E-state index is 12.4. The van der Waals surface area contributed by atoms with Crippen molar-refractivity contribution in [1.29, 1.82) is 0 Å². The number of anilines is 1. The third-order valence-electron chi connectivity index (χ3n) is 4.78. The summed E-state index contributed by atoms with van der Waals surface area (Å²) in [7, 11) is 0. The summed E-state index contributed by atoms with van der Waals surface area (Å²) < 4.78 is 0. The zero-order valence-electron chi connectivity index (χ0n) is 13.4. The van der Waals surface area contributed by atoms with Gasteiger partial charge in [0, 0.05) is 11.6 Å². The molecule has 124 valence electrons. The number of nitrogens with one attached hydrogen (secondary N) is 2. The second-order valence-electron chi connectivity index (χ2n) is 6.60. The van der Waals surface area contributed by atoms with Gasteiger partial charge in [-0.05, 0) is 48.9 Å². The van der Waals surface area contributed by atoms with Gasteiger partial charge in [0.05, 0.1) is 12.1 Å². The van der Waals surface area contributed by atoms with Gasteiger partial charge < -0.3 is 10.4 Å². The van der Waals surface area contributed by atoms with Crippen molar-refractivity contribution in [2.24, 2.45) is 0 Å². The highest BCUT2D eigenvalue weighted by Gasteiger charge is 2.29. The molecule has 2 aliphatic carbocycles. The lowest BCUT2D eigenvalue weighted by atomic mass is 9.86. The highest BCUT2D eigenvalue weighted by Crippen LogP contribution is 2.39. The smallest absolute Gasteiger partial charge is 0.320 e. The number of aryl methyl sites for hydroxylation is 1. The van der Waals surface area contributed by atoms with E-state index in [1.54, 1.807) is 6.07 Å². The van der Waals surface area contributed by atoms with Crippen molar-refractivity contribution in [2.75, 3.05) is 5.32 Å². The molecule has 0 saturated heterocycles. The van der Waals surface area contributed by atoms with Gasteiger partial charge in [-0.3, -0.25) is 5.32 Å². The molecule has 5 heteroatoms. The van der Waals surface area contributed by atoms with Crippen molar-refractivity contribution in [1.82, 2.24) is 10.3 Å². The molecule has 0 unspecified atom stereocenters. The first-order valence-electron chi connectivity index (χ1n) is 8.51. The van der Waals surface area contributed by atoms with E-state index in [4.69, 9.17) is 0 Å². The van der Waals surface area contributed by atoms with Crippen molar-refractivity contribution in [3.05, 3.63) is 59.3 Å². The Kier molecular flexibility index (Phi) is 3.94. The third kappa shape index (κ3) is 3.12. The van der Waals surface area contributed by atoms with Gasteiger partial charge in [0.2, 0.25) is 0 Å². The molecule has 1 heterocycles. The average molecular weight is 323 g/mol. The summed E-state index contributed by atoms with van der Waals surface area (Å²) in [5.41, 5.74) is 3.21. The highest BCUT2D eigenvalue weighted by atomic mass is 16.3. The van der Waals surface area contributed by atoms with Crippen LogP contribution in [0.1, 0.15) is 48.0 Å². The zero-order chi connectivity index (χ0) is 16.5. The minimum absolute atomic E-state index is 0.337. The Morgan fingerprint density at radius 2 is 1.92 bits per heavy atom. The molecular weight excluding hydrogens is 302 g/mol. The van der Waals surface area contributed by atoms with Crippen LogP contribution in [0.25, 0.3) is 0 Å². The summed E-state index contributed by atoms with van der Waals surface area (Å²) in [5.74, 6) is 1.09. The van der Waals surface area contributed by atoms with Gasteiger partial charge in [-0.25, -0.2) is 9.78 Å². The molecule has 24 heavy (non-hydrogen) atoms. The molecule has 2 amide bonds. The predicted molar refractivity (Wildman–Crippen MR) is 91.9 cm³/mol. The molecule has 1 aromatic carbocycles. The number of hydrogen-bond donors (Lipinski definition) is 3. The lowest BCUT2D eigenvalue weighted by Crippen LogP contribution is -2.41. The monoisotopic (exact) mass is 323 g/mol. The van der Waals surface area contributed by atoms with E-state index in [2.05, 4.69) is 21.7 Å². The van der Waals surface area contributed by atoms with Crippen molar-refractivity contribution in [3.8, 4) is 0 Å². The first kappa shape index (κ1) is 15.1. The van der Waals surface area contributed by atoms with Crippen LogP contribution in [0.2, 0.25) is 0 Å². The molecule has 2 atom stereocenters. The number of rotatable bonds is 3. The summed E-state index contributed by atoms with van der Waals surface area (Å²) in [6.45, 7) is 0. The van der Waals surface area contributed by atoms with E-state index < -0.39 is 6.10 Å². The van der Waals surface area contributed by atoms with E-state index >= 15 is 0 Å². The Hall–Kier alpha value is -2.40. The molecule has 4 rings (SSSR count). The van der Waals surface area contributed by atoms with Gasteiger partial charge in [-0.15, -0.1) is 0 Å². The maximum atomic E-state index is 12.4. The number of fused-ring (bicyclic) bond motifs is 1. The predicted octanol–water partition coefficient (Wildman–Crippen LogP) is 3.13. The fourth-order valence-corrected chi connectivity index (χ4v) is 3.34. The summed E-state index contributed by atoms with van der Waals surface area (Å²) in [6, 6.07) is 12.9. The fourth-order valence-electron chi connectivity index (χ4n) is 3.34. The van der Waals surface area contributed by atoms with Crippen LogP contribution >= 0.6 is 0 Å². The standard InChI is InChI=1S/C19H21N3O2/c23-16-11-10-12-4-1-2-5-14(12)18(16)22-19(24)21-17-7-3-6-15(20-17)13-8-9-13/h1-7,13,16,18,23H,8-11H2,(H2,20,21,22,24)/t16-,18+/m1/s1. The minimum atomic E-state index is -0.573. The van der Waals surface area contributed by atoms with Crippen LogP contribution in [0.3, 0.4) is 0 Å². The average Bonchev–Trinajstić information content (AvgIpc) is 3.43. The molecule has 3 N–H and O–H groups in total. The Bertz CT molecular complexity index is 758. The first-order valence-corrected chi connectivity index (χ1v) is 8.51. The molecule has 1 fully saturated rings. The van der Waals surface area contributed by atoms with E-state index in [1.807, 2.05) is 30.3 Å². The second-order valence-corrected chi connectivity index (χ2v) is 6.60. The van der Waals surface area contributed by atoms with E-state index in [1.165, 1.54) is 18.4 Å². The number of carbonyl (C=O) groups excluding carboxylic acids is 1. The number of amides is 2. The molecule has 0 radical (unpaired) electrons.